The Morgan fingerprint density at radius 1 is 1.10 bits per heavy atom. The van der Waals surface area contributed by atoms with Gasteiger partial charge in [-0.05, 0) is 63.0 Å². The fraction of sp³-hybridized carbons (Fsp3) is 0.333. The summed E-state index contributed by atoms with van der Waals surface area (Å²) < 4.78 is 0. The number of carbonyl (C=O) groups excluding carboxylic acids is 1. The predicted molar refractivity (Wildman–Crippen MR) is 117 cm³/mol. The highest BCUT2D eigenvalue weighted by Crippen LogP contribution is 2.24. The molecule has 3 aromatic rings. The fourth-order valence-corrected chi connectivity index (χ4v) is 3.93. The van der Waals surface area contributed by atoms with Crippen molar-refractivity contribution in [3.05, 3.63) is 71.8 Å². The summed E-state index contributed by atoms with van der Waals surface area (Å²) in [6.45, 7) is 6.85. The molecule has 150 valence electrons. The predicted octanol–water partition coefficient (Wildman–Crippen LogP) is 4.54. The van der Waals surface area contributed by atoms with Crippen LogP contribution in [-0.2, 0) is 11.3 Å². The van der Waals surface area contributed by atoms with E-state index in [1.165, 1.54) is 11.1 Å². The number of nitrogens with one attached hydrogen (secondary N) is 2. The van der Waals surface area contributed by atoms with Gasteiger partial charge < -0.3 is 10.3 Å². The molecule has 1 saturated heterocycles. The molecule has 2 aromatic carbocycles. The zero-order valence-electron chi connectivity index (χ0n) is 17.1. The van der Waals surface area contributed by atoms with E-state index in [2.05, 4.69) is 63.5 Å². The van der Waals surface area contributed by atoms with Crippen molar-refractivity contribution in [3.63, 3.8) is 0 Å². The maximum absolute atomic E-state index is 12.7. The minimum Gasteiger partial charge on any atom is -0.348 e. The average Bonchev–Trinajstić information content (AvgIpc) is 3.13. The molecule has 1 amide bonds. The summed E-state index contributed by atoms with van der Waals surface area (Å²) in [7, 11) is 0. The lowest BCUT2D eigenvalue weighted by molar-refractivity contribution is -0.121. The van der Waals surface area contributed by atoms with Crippen LogP contribution in [0.3, 0.4) is 0 Å². The van der Waals surface area contributed by atoms with E-state index >= 15 is 0 Å². The van der Waals surface area contributed by atoms with Crippen LogP contribution in [0, 0.1) is 19.8 Å². The van der Waals surface area contributed by atoms with Crippen LogP contribution in [0.25, 0.3) is 11.1 Å². The van der Waals surface area contributed by atoms with Crippen LogP contribution in [0.2, 0.25) is 0 Å². The lowest BCUT2D eigenvalue weighted by atomic mass is 9.95. The molecule has 0 atom stereocenters. The SMILES string of the molecule is Cc1cccc(-c2ccc(NC(=O)C3CCN(Cc4nc[nH]c4C)CC3)cc2)c1. The van der Waals surface area contributed by atoms with Crippen LogP contribution in [0.5, 0.6) is 0 Å². The summed E-state index contributed by atoms with van der Waals surface area (Å²) in [6, 6.07) is 16.6. The standard InChI is InChI=1S/C24H28N4O/c1-17-4-3-5-21(14-17)19-6-8-22(9-7-19)27-24(29)20-10-12-28(13-11-20)15-23-18(2)25-16-26-23/h3-9,14,16,20H,10-13,15H2,1-2H3,(H,25,26)(H,27,29). The first-order valence-corrected chi connectivity index (χ1v) is 10.3. The van der Waals surface area contributed by atoms with E-state index < -0.39 is 0 Å². The molecule has 1 aliphatic heterocycles. The summed E-state index contributed by atoms with van der Waals surface area (Å²) in [5.41, 5.74) is 6.69. The molecule has 2 heterocycles. The first-order valence-electron chi connectivity index (χ1n) is 10.3. The van der Waals surface area contributed by atoms with Gasteiger partial charge in [-0.2, -0.15) is 0 Å². The molecule has 0 saturated carbocycles. The largest absolute Gasteiger partial charge is 0.348 e. The van der Waals surface area contributed by atoms with E-state index in [4.69, 9.17) is 0 Å². The number of nitrogens with zero attached hydrogens (tertiary/aromatic N) is 2. The number of rotatable bonds is 5. The molecule has 5 nitrogen and oxygen atoms in total. The summed E-state index contributed by atoms with van der Waals surface area (Å²) in [5.74, 6) is 0.201. The smallest absolute Gasteiger partial charge is 0.227 e. The molecule has 1 aromatic heterocycles. The topological polar surface area (TPSA) is 61.0 Å². The second-order valence-electron chi connectivity index (χ2n) is 7.96. The van der Waals surface area contributed by atoms with Gasteiger partial charge in [0.05, 0.1) is 12.0 Å². The van der Waals surface area contributed by atoms with Gasteiger partial charge in [-0.25, -0.2) is 4.98 Å². The van der Waals surface area contributed by atoms with Gasteiger partial charge in [0.2, 0.25) is 5.91 Å². The van der Waals surface area contributed by atoms with Crippen molar-refractivity contribution in [2.45, 2.75) is 33.2 Å². The van der Waals surface area contributed by atoms with Crippen molar-refractivity contribution in [3.8, 4) is 11.1 Å². The molecule has 29 heavy (non-hydrogen) atoms. The first kappa shape index (κ1) is 19.4. The van der Waals surface area contributed by atoms with Gasteiger partial charge in [-0.15, -0.1) is 0 Å². The number of amides is 1. The molecule has 0 radical (unpaired) electrons. The average molecular weight is 389 g/mol. The Bertz CT molecular complexity index is 969. The molecule has 0 unspecified atom stereocenters. The molecule has 5 heteroatoms. The van der Waals surface area contributed by atoms with Crippen LogP contribution in [-0.4, -0.2) is 33.9 Å². The van der Waals surface area contributed by atoms with Crippen molar-refractivity contribution in [2.75, 3.05) is 18.4 Å². The van der Waals surface area contributed by atoms with E-state index in [-0.39, 0.29) is 11.8 Å². The number of likely N-dealkylation sites (tertiary alicyclic amines) is 1. The number of H-pyrrole nitrogens is 1. The van der Waals surface area contributed by atoms with Gasteiger partial charge >= 0.3 is 0 Å². The number of anilines is 1. The Kier molecular flexibility index (Phi) is 5.76. The Morgan fingerprint density at radius 3 is 2.52 bits per heavy atom. The summed E-state index contributed by atoms with van der Waals surface area (Å²) in [5, 5.41) is 3.10. The third kappa shape index (κ3) is 4.74. The number of piperidine rings is 1. The van der Waals surface area contributed by atoms with Gasteiger partial charge in [0.15, 0.2) is 0 Å². The highest BCUT2D eigenvalue weighted by molar-refractivity contribution is 5.92. The number of aromatic nitrogens is 2. The van der Waals surface area contributed by atoms with E-state index in [9.17, 15) is 4.79 Å². The monoisotopic (exact) mass is 388 g/mol. The lowest BCUT2D eigenvalue weighted by Crippen LogP contribution is -2.37. The van der Waals surface area contributed by atoms with Crippen LogP contribution in [0.4, 0.5) is 5.69 Å². The molecular weight excluding hydrogens is 360 g/mol. The maximum Gasteiger partial charge on any atom is 0.227 e. The number of benzene rings is 2. The first-order chi connectivity index (χ1) is 14.1. The van der Waals surface area contributed by atoms with Crippen LogP contribution in [0.15, 0.2) is 54.9 Å². The molecule has 4 rings (SSSR count). The molecule has 2 N–H and O–H groups in total. The number of carbonyl (C=O) groups is 1. The minimum absolute atomic E-state index is 0.0722. The van der Waals surface area contributed by atoms with Crippen molar-refractivity contribution < 1.29 is 4.79 Å². The van der Waals surface area contributed by atoms with Crippen molar-refractivity contribution in [1.82, 2.24) is 14.9 Å². The van der Waals surface area contributed by atoms with Crippen molar-refractivity contribution >= 4 is 11.6 Å². The number of imidazole rings is 1. The highest BCUT2D eigenvalue weighted by Gasteiger charge is 2.25. The van der Waals surface area contributed by atoms with Crippen LogP contribution >= 0.6 is 0 Å². The van der Waals surface area contributed by atoms with Gasteiger partial charge in [0.1, 0.15) is 0 Å². The van der Waals surface area contributed by atoms with Crippen molar-refractivity contribution in [1.29, 1.82) is 0 Å². The molecule has 0 bridgehead atoms. The fourth-order valence-electron chi connectivity index (χ4n) is 3.93. The van der Waals surface area contributed by atoms with E-state index in [1.807, 2.05) is 19.1 Å². The quantitative estimate of drug-likeness (QED) is 0.674. The third-order valence-electron chi connectivity index (χ3n) is 5.77. The number of hydrogen-bond acceptors (Lipinski definition) is 3. The Labute approximate surface area is 172 Å². The summed E-state index contributed by atoms with van der Waals surface area (Å²) in [6.07, 6.45) is 3.52. The van der Waals surface area contributed by atoms with E-state index in [1.54, 1.807) is 6.33 Å². The Morgan fingerprint density at radius 2 is 1.86 bits per heavy atom. The normalized spacial score (nSPS) is 15.4. The zero-order valence-corrected chi connectivity index (χ0v) is 17.1. The third-order valence-corrected chi connectivity index (χ3v) is 5.77. The lowest BCUT2D eigenvalue weighted by Gasteiger charge is -2.30. The van der Waals surface area contributed by atoms with Crippen LogP contribution in [0.1, 0.15) is 29.8 Å². The van der Waals surface area contributed by atoms with Crippen LogP contribution < -0.4 is 5.32 Å². The maximum atomic E-state index is 12.7. The second-order valence-corrected chi connectivity index (χ2v) is 7.96. The second kappa shape index (κ2) is 8.62. The molecule has 0 aliphatic carbocycles. The van der Waals surface area contributed by atoms with Crippen molar-refractivity contribution in [2.24, 2.45) is 5.92 Å². The van der Waals surface area contributed by atoms with Gasteiger partial charge in [0.25, 0.3) is 0 Å². The highest BCUT2D eigenvalue weighted by atomic mass is 16.1. The number of hydrogen-bond donors (Lipinski definition) is 2. The molecule has 1 fully saturated rings. The Hall–Kier alpha value is -2.92. The number of aryl methyl sites for hydroxylation is 2. The number of aromatic amines is 1. The van der Waals surface area contributed by atoms with Gasteiger partial charge in [0, 0.05) is 23.8 Å². The minimum atomic E-state index is 0.0722. The van der Waals surface area contributed by atoms with E-state index in [0.717, 1.165) is 55.1 Å². The molecular formula is C24H28N4O. The van der Waals surface area contributed by atoms with Gasteiger partial charge in [-0.1, -0.05) is 42.0 Å². The molecule has 1 aliphatic rings. The van der Waals surface area contributed by atoms with E-state index in [0.29, 0.717) is 0 Å². The summed E-state index contributed by atoms with van der Waals surface area (Å²) >= 11 is 0. The zero-order chi connectivity index (χ0) is 20.2. The Balaban J connectivity index is 1.30. The molecule has 0 spiro atoms. The van der Waals surface area contributed by atoms with Gasteiger partial charge in [-0.3, -0.25) is 9.69 Å². The summed E-state index contributed by atoms with van der Waals surface area (Å²) in [4.78, 5) is 22.6.